The summed E-state index contributed by atoms with van der Waals surface area (Å²) < 4.78 is 12.9. The highest BCUT2D eigenvalue weighted by Crippen LogP contribution is 2.25. The third-order valence-electron chi connectivity index (χ3n) is 2.24. The highest BCUT2D eigenvalue weighted by atomic mass is 19.1. The van der Waals surface area contributed by atoms with E-state index in [9.17, 15) is 9.50 Å². The number of rotatable bonds is 3. The molecule has 1 N–H and O–H groups in total. The summed E-state index contributed by atoms with van der Waals surface area (Å²) in [4.78, 5) is 3.71. The van der Waals surface area contributed by atoms with Crippen LogP contribution in [0.3, 0.4) is 0 Å². The highest BCUT2D eigenvalue weighted by molar-refractivity contribution is 5.18. The summed E-state index contributed by atoms with van der Waals surface area (Å²) in [6.07, 6.45) is 3.65. The first-order valence-electron chi connectivity index (χ1n) is 4.79. The van der Waals surface area contributed by atoms with Crippen molar-refractivity contribution in [1.29, 1.82) is 0 Å². The van der Waals surface area contributed by atoms with Crippen LogP contribution in [0.1, 0.15) is 32.3 Å². The monoisotopic (exact) mass is 207 g/mol. The van der Waals surface area contributed by atoms with Crippen molar-refractivity contribution in [3.05, 3.63) is 29.8 Å². The molecule has 0 aliphatic carbocycles. The molecule has 1 unspecified atom stereocenters. The third kappa shape index (κ3) is 3.34. The summed E-state index contributed by atoms with van der Waals surface area (Å²) in [6, 6.07) is 1.30. The van der Waals surface area contributed by atoms with E-state index in [1.807, 2.05) is 0 Å². The molecular weight excluding hydrogens is 193 g/mol. The van der Waals surface area contributed by atoms with Crippen molar-refractivity contribution in [2.75, 3.05) is 0 Å². The lowest BCUT2D eigenvalue weighted by Gasteiger charge is -2.22. The molecule has 0 spiro atoms. The van der Waals surface area contributed by atoms with Crippen LogP contribution < -0.4 is 0 Å². The molecule has 0 saturated heterocycles. The van der Waals surface area contributed by atoms with E-state index in [1.165, 1.54) is 12.3 Å². The maximum atomic E-state index is 12.9. The minimum Gasteiger partial charge on any atom is -0.385 e. The fourth-order valence-corrected chi connectivity index (χ4v) is 1.28. The summed E-state index contributed by atoms with van der Waals surface area (Å²) in [7, 11) is 0. The van der Waals surface area contributed by atoms with Crippen LogP contribution in [-0.2, 0) is 5.60 Å². The largest absolute Gasteiger partial charge is 0.385 e. The maximum Gasteiger partial charge on any atom is 0.141 e. The molecule has 0 saturated carbocycles. The Morgan fingerprint density at radius 2 is 2.27 bits per heavy atom. The molecule has 80 valence electrons. The molecule has 0 aliphatic heterocycles. The molecule has 0 aliphatic rings. The number of hydrogen-bond donors (Lipinski definition) is 1. The van der Waals surface area contributed by atoms with Crippen molar-refractivity contribution < 1.29 is 9.50 Å². The summed E-state index contributed by atoms with van der Waals surface area (Å²) in [5.74, 6) is 5.18. The van der Waals surface area contributed by atoms with E-state index < -0.39 is 11.4 Å². The quantitative estimate of drug-likeness (QED) is 0.771. The molecule has 1 aromatic heterocycles. The molecule has 0 aromatic carbocycles. The van der Waals surface area contributed by atoms with Crippen LogP contribution in [0.15, 0.2) is 18.5 Å². The molecule has 1 aromatic rings. The molecule has 15 heavy (non-hydrogen) atoms. The first-order chi connectivity index (χ1) is 7.06. The van der Waals surface area contributed by atoms with Crippen molar-refractivity contribution in [3.63, 3.8) is 0 Å². The van der Waals surface area contributed by atoms with Gasteiger partial charge in [-0.15, -0.1) is 11.8 Å². The van der Waals surface area contributed by atoms with Gasteiger partial charge in [-0.3, -0.25) is 4.98 Å². The molecule has 2 nitrogen and oxygen atoms in total. The second kappa shape index (κ2) is 4.90. The Morgan fingerprint density at radius 1 is 1.53 bits per heavy atom. The minimum absolute atomic E-state index is 0.436. The van der Waals surface area contributed by atoms with Crippen molar-refractivity contribution in [2.45, 2.75) is 32.3 Å². The Balaban J connectivity index is 2.79. The van der Waals surface area contributed by atoms with E-state index in [2.05, 4.69) is 16.8 Å². The van der Waals surface area contributed by atoms with Gasteiger partial charge < -0.3 is 5.11 Å². The zero-order chi connectivity index (χ0) is 11.3. The number of halogens is 1. The topological polar surface area (TPSA) is 33.1 Å². The average molecular weight is 207 g/mol. The molecular formula is C12H14FNO. The lowest BCUT2D eigenvalue weighted by atomic mass is 9.92. The van der Waals surface area contributed by atoms with Gasteiger partial charge in [-0.25, -0.2) is 4.39 Å². The molecule has 1 heterocycles. The van der Waals surface area contributed by atoms with Gasteiger partial charge in [-0.1, -0.05) is 0 Å². The van der Waals surface area contributed by atoms with Gasteiger partial charge in [-0.2, -0.15) is 0 Å². The fourth-order valence-electron chi connectivity index (χ4n) is 1.28. The van der Waals surface area contributed by atoms with Gasteiger partial charge in [0.15, 0.2) is 0 Å². The first kappa shape index (κ1) is 11.7. The van der Waals surface area contributed by atoms with Crippen LogP contribution in [-0.4, -0.2) is 10.1 Å². The summed E-state index contributed by atoms with van der Waals surface area (Å²) >= 11 is 0. The number of pyridine rings is 1. The van der Waals surface area contributed by atoms with Gasteiger partial charge in [0.25, 0.3) is 0 Å². The normalized spacial score (nSPS) is 13.9. The lowest BCUT2D eigenvalue weighted by molar-refractivity contribution is 0.0487. The van der Waals surface area contributed by atoms with E-state index in [0.717, 1.165) is 6.20 Å². The molecule has 3 heteroatoms. The van der Waals surface area contributed by atoms with Crippen LogP contribution in [0.2, 0.25) is 0 Å². The van der Waals surface area contributed by atoms with Crippen LogP contribution in [0, 0.1) is 17.7 Å². The predicted molar refractivity (Wildman–Crippen MR) is 56.4 cm³/mol. The zero-order valence-electron chi connectivity index (χ0n) is 8.92. The Bertz CT molecular complexity index is 390. The number of aromatic nitrogens is 1. The average Bonchev–Trinajstić information content (AvgIpc) is 2.18. The van der Waals surface area contributed by atoms with E-state index in [4.69, 9.17) is 0 Å². The van der Waals surface area contributed by atoms with E-state index in [-0.39, 0.29) is 0 Å². The molecule has 1 atom stereocenters. The second-order valence-corrected chi connectivity index (χ2v) is 3.59. The smallest absolute Gasteiger partial charge is 0.141 e. The SMILES string of the molecule is CC#CCCC(C)(O)c1cncc(F)c1. The van der Waals surface area contributed by atoms with Crippen LogP contribution in [0.25, 0.3) is 0 Å². The molecule has 0 amide bonds. The van der Waals surface area contributed by atoms with Crippen LogP contribution >= 0.6 is 0 Å². The van der Waals surface area contributed by atoms with Gasteiger partial charge >= 0.3 is 0 Å². The minimum atomic E-state index is -1.07. The summed E-state index contributed by atoms with van der Waals surface area (Å²) in [5.41, 5.74) is -0.584. The fraction of sp³-hybridized carbons (Fsp3) is 0.417. The highest BCUT2D eigenvalue weighted by Gasteiger charge is 2.22. The molecule has 0 fully saturated rings. The van der Waals surface area contributed by atoms with Crippen molar-refractivity contribution in [1.82, 2.24) is 4.98 Å². The van der Waals surface area contributed by atoms with Crippen molar-refractivity contribution in [3.8, 4) is 11.8 Å². The number of nitrogens with zero attached hydrogens (tertiary/aromatic N) is 1. The number of aliphatic hydroxyl groups is 1. The van der Waals surface area contributed by atoms with Gasteiger partial charge in [0.05, 0.1) is 11.8 Å². The second-order valence-electron chi connectivity index (χ2n) is 3.59. The van der Waals surface area contributed by atoms with Gasteiger partial charge in [0, 0.05) is 18.2 Å². The van der Waals surface area contributed by atoms with Gasteiger partial charge in [-0.05, 0) is 26.3 Å². The van der Waals surface area contributed by atoms with Gasteiger partial charge in [0.1, 0.15) is 5.82 Å². The number of hydrogen-bond acceptors (Lipinski definition) is 2. The van der Waals surface area contributed by atoms with E-state index >= 15 is 0 Å². The Labute approximate surface area is 89.2 Å². The zero-order valence-corrected chi connectivity index (χ0v) is 8.92. The van der Waals surface area contributed by atoms with E-state index in [1.54, 1.807) is 13.8 Å². The molecule has 0 bridgehead atoms. The van der Waals surface area contributed by atoms with Crippen molar-refractivity contribution >= 4 is 0 Å². The summed E-state index contributed by atoms with van der Waals surface area (Å²) in [6.45, 7) is 3.39. The van der Waals surface area contributed by atoms with Crippen LogP contribution in [0.4, 0.5) is 4.39 Å². The first-order valence-corrected chi connectivity index (χ1v) is 4.79. The third-order valence-corrected chi connectivity index (χ3v) is 2.24. The van der Waals surface area contributed by atoms with E-state index in [0.29, 0.717) is 18.4 Å². The van der Waals surface area contributed by atoms with Gasteiger partial charge in [0.2, 0.25) is 0 Å². The van der Waals surface area contributed by atoms with Crippen molar-refractivity contribution in [2.24, 2.45) is 0 Å². The molecule has 0 radical (unpaired) electrons. The van der Waals surface area contributed by atoms with Crippen LogP contribution in [0.5, 0.6) is 0 Å². The molecule has 1 rings (SSSR count). The Morgan fingerprint density at radius 3 is 2.87 bits per heavy atom. The summed E-state index contributed by atoms with van der Waals surface area (Å²) in [5, 5.41) is 10.1. The maximum absolute atomic E-state index is 12.9. The Hall–Kier alpha value is -1.40. The standard InChI is InChI=1S/C12H14FNO/c1-3-4-5-6-12(2,15)10-7-11(13)9-14-8-10/h7-9,15H,5-6H2,1-2H3. The lowest BCUT2D eigenvalue weighted by Crippen LogP contribution is -2.21. The predicted octanol–water partition coefficient (Wildman–Crippen LogP) is 2.23. The Kier molecular flexibility index (Phi) is 3.81.